The smallest absolute Gasteiger partial charge is 0.335 e. The number of carboxylic acids is 1. The van der Waals surface area contributed by atoms with E-state index in [2.05, 4.69) is 10.5 Å². The number of aliphatic carboxylic acids is 1. The van der Waals surface area contributed by atoms with Gasteiger partial charge in [-0.2, -0.15) is 5.10 Å². The van der Waals surface area contributed by atoms with Gasteiger partial charge in [0, 0.05) is 23.6 Å². The zero-order valence-corrected chi connectivity index (χ0v) is 18.1. The van der Waals surface area contributed by atoms with Crippen LogP contribution in [0.4, 0.5) is 5.69 Å². The summed E-state index contributed by atoms with van der Waals surface area (Å²) in [5, 5.41) is 24.7. The zero-order valence-electron chi connectivity index (χ0n) is 18.1. The highest BCUT2D eigenvalue weighted by Gasteiger charge is 2.42. The lowest BCUT2D eigenvalue weighted by Gasteiger charge is -2.29. The molecule has 1 atom stereocenters. The van der Waals surface area contributed by atoms with Crippen molar-refractivity contribution in [2.24, 2.45) is 5.10 Å². The van der Waals surface area contributed by atoms with Crippen molar-refractivity contribution in [1.29, 1.82) is 0 Å². The molecular formula is C26H25N3O4. The summed E-state index contributed by atoms with van der Waals surface area (Å²) in [7, 11) is 0. The van der Waals surface area contributed by atoms with Gasteiger partial charge in [-0.15, -0.1) is 0 Å². The summed E-state index contributed by atoms with van der Waals surface area (Å²) < 4.78 is 0. The van der Waals surface area contributed by atoms with Gasteiger partial charge in [-0.25, -0.2) is 4.79 Å². The highest BCUT2D eigenvalue weighted by atomic mass is 16.4. The summed E-state index contributed by atoms with van der Waals surface area (Å²) in [6.07, 6.45) is 9.11. The largest absolute Gasteiger partial charge is 0.507 e. The Hall–Kier alpha value is -3.87. The van der Waals surface area contributed by atoms with Gasteiger partial charge in [0.2, 0.25) is 0 Å². The molecule has 168 valence electrons. The summed E-state index contributed by atoms with van der Waals surface area (Å²) in [5.74, 6) is -1.24. The Balaban J connectivity index is 1.47. The third-order valence-corrected chi connectivity index (χ3v) is 6.68. The van der Waals surface area contributed by atoms with E-state index in [1.54, 1.807) is 36.4 Å². The van der Waals surface area contributed by atoms with Crippen molar-refractivity contribution in [3.63, 3.8) is 0 Å². The van der Waals surface area contributed by atoms with Gasteiger partial charge in [-0.1, -0.05) is 61.4 Å². The number of phenols is 1. The summed E-state index contributed by atoms with van der Waals surface area (Å²) in [5.41, 5.74) is 4.25. The molecule has 7 nitrogen and oxygen atoms in total. The molecule has 2 aromatic rings. The van der Waals surface area contributed by atoms with Crippen LogP contribution in [0.15, 0.2) is 71.9 Å². The fourth-order valence-electron chi connectivity index (χ4n) is 4.96. The highest BCUT2D eigenvalue weighted by Crippen LogP contribution is 2.37. The molecule has 1 amide bonds. The van der Waals surface area contributed by atoms with Crippen molar-refractivity contribution in [2.45, 2.75) is 43.7 Å². The lowest BCUT2D eigenvalue weighted by molar-refractivity contribution is -0.142. The first-order valence-corrected chi connectivity index (χ1v) is 11.2. The maximum absolute atomic E-state index is 13.4. The second kappa shape index (κ2) is 8.24. The van der Waals surface area contributed by atoms with E-state index in [0.717, 1.165) is 31.4 Å². The minimum Gasteiger partial charge on any atom is -0.507 e. The van der Waals surface area contributed by atoms with Crippen LogP contribution >= 0.6 is 0 Å². The summed E-state index contributed by atoms with van der Waals surface area (Å²) >= 11 is 0. The van der Waals surface area contributed by atoms with Crippen LogP contribution in [0.1, 0.15) is 43.2 Å². The Labute approximate surface area is 191 Å². The van der Waals surface area contributed by atoms with Crippen LogP contribution in [0.2, 0.25) is 0 Å². The quantitative estimate of drug-likeness (QED) is 0.610. The third-order valence-electron chi connectivity index (χ3n) is 6.68. The standard InChI is InChI=1S/C26H25N3O4/c30-22-14-6-4-11-19(22)17-8-7-15-26(16-17,25(32)33)28-27-23-20-12-3-5-13-21(20)29(24(23)31)18-9-1-2-10-18/h3-8,11-15,18,28,30H,1-2,9-10,16H2,(H,32,33)/b27-23-. The second-order valence-corrected chi connectivity index (χ2v) is 8.72. The Bertz CT molecular complexity index is 1210. The van der Waals surface area contributed by atoms with Gasteiger partial charge in [0.25, 0.3) is 5.91 Å². The molecule has 1 fully saturated rings. The van der Waals surface area contributed by atoms with Gasteiger partial charge < -0.3 is 15.1 Å². The van der Waals surface area contributed by atoms with Gasteiger partial charge in [-0.3, -0.25) is 10.2 Å². The van der Waals surface area contributed by atoms with Crippen molar-refractivity contribution in [3.8, 4) is 5.75 Å². The molecule has 0 saturated heterocycles. The topological polar surface area (TPSA) is 102 Å². The molecule has 0 bridgehead atoms. The first-order chi connectivity index (χ1) is 16.0. The van der Waals surface area contributed by atoms with Crippen LogP contribution in [-0.2, 0) is 9.59 Å². The Morgan fingerprint density at radius 2 is 1.76 bits per heavy atom. The van der Waals surface area contributed by atoms with Crippen molar-refractivity contribution in [1.82, 2.24) is 5.43 Å². The maximum atomic E-state index is 13.4. The number of hydrogen-bond acceptors (Lipinski definition) is 5. The monoisotopic (exact) mass is 443 g/mol. The molecule has 3 N–H and O–H groups in total. The van der Waals surface area contributed by atoms with Gasteiger partial charge >= 0.3 is 5.97 Å². The lowest BCUT2D eigenvalue weighted by atomic mass is 9.84. The molecule has 1 aliphatic heterocycles. The van der Waals surface area contributed by atoms with Crippen molar-refractivity contribution in [2.75, 3.05) is 4.90 Å². The number of nitrogens with one attached hydrogen (secondary N) is 1. The number of para-hydroxylation sites is 2. The van der Waals surface area contributed by atoms with E-state index in [1.807, 2.05) is 29.2 Å². The van der Waals surface area contributed by atoms with E-state index in [-0.39, 0.29) is 29.8 Å². The molecule has 0 radical (unpaired) electrons. The molecule has 33 heavy (non-hydrogen) atoms. The lowest BCUT2D eigenvalue weighted by Crippen LogP contribution is -2.50. The van der Waals surface area contributed by atoms with Crippen LogP contribution < -0.4 is 10.3 Å². The second-order valence-electron chi connectivity index (χ2n) is 8.72. The molecule has 1 saturated carbocycles. The van der Waals surface area contributed by atoms with Crippen LogP contribution in [0.3, 0.4) is 0 Å². The predicted molar refractivity (Wildman–Crippen MR) is 126 cm³/mol. The first kappa shape index (κ1) is 21.0. The number of aromatic hydroxyl groups is 1. The van der Waals surface area contributed by atoms with Gasteiger partial charge in [0.15, 0.2) is 11.3 Å². The van der Waals surface area contributed by atoms with E-state index in [9.17, 15) is 19.8 Å². The van der Waals surface area contributed by atoms with E-state index >= 15 is 0 Å². The van der Waals surface area contributed by atoms with Crippen LogP contribution in [0.25, 0.3) is 5.57 Å². The normalized spacial score (nSPS) is 23.6. The molecule has 0 aromatic heterocycles. The SMILES string of the molecule is O=C1/C(=N\NC2(C(=O)O)C=CC=C(c3ccccc3O)C2)c2ccccc2N1C1CCCC1. The van der Waals surface area contributed by atoms with E-state index < -0.39 is 11.5 Å². The molecule has 2 aromatic carbocycles. The van der Waals surface area contributed by atoms with Gasteiger partial charge in [0.05, 0.1) is 5.69 Å². The number of fused-ring (bicyclic) bond motifs is 1. The molecule has 1 heterocycles. The van der Waals surface area contributed by atoms with Gasteiger partial charge in [-0.05, 0) is 36.6 Å². The number of carboxylic acid groups (broad SMARTS) is 1. The fourth-order valence-corrected chi connectivity index (χ4v) is 4.96. The molecule has 7 heteroatoms. The van der Waals surface area contributed by atoms with E-state index in [0.29, 0.717) is 16.7 Å². The average molecular weight is 444 g/mol. The number of hydrazone groups is 1. The Morgan fingerprint density at radius 3 is 2.48 bits per heavy atom. The summed E-state index contributed by atoms with van der Waals surface area (Å²) in [4.78, 5) is 27.6. The van der Waals surface area contributed by atoms with Crippen molar-refractivity contribution >= 4 is 28.8 Å². The first-order valence-electron chi connectivity index (χ1n) is 11.2. The number of allylic oxidation sites excluding steroid dienone is 2. The Morgan fingerprint density at radius 1 is 1.06 bits per heavy atom. The van der Waals surface area contributed by atoms with Crippen LogP contribution in [0.5, 0.6) is 5.75 Å². The number of carbonyl (C=O) groups is 2. The molecule has 1 unspecified atom stereocenters. The van der Waals surface area contributed by atoms with E-state index in [1.165, 1.54) is 6.08 Å². The molecule has 2 aliphatic carbocycles. The maximum Gasteiger partial charge on any atom is 0.335 e. The molecule has 0 spiro atoms. The summed E-state index contributed by atoms with van der Waals surface area (Å²) in [6, 6.07) is 14.5. The third kappa shape index (κ3) is 3.59. The number of benzene rings is 2. The minimum absolute atomic E-state index is 0.0648. The minimum atomic E-state index is -1.55. The molecule has 5 rings (SSSR count). The van der Waals surface area contributed by atoms with Crippen LogP contribution in [-0.4, -0.2) is 39.4 Å². The van der Waals surface area contributed by atoms with Crippen molar-refractivity contribution in [3.05, 3.63) is 77.9 Å². The number of anilines is 1. The number of rotatable bonds is 5. The zero-order chi connectivity index (χ0) is 23.0. The van der Waals surface area contributed by atoms with E-state index in [4.69, 9.17) is 0 Å². The van der Waals surface area contributed by atoms with Gasteiger partial charge in [0.1, 0.15) is 5.75 Å². The predicted octanol–water partition coefficient (Wildman–Crippen LogP) is 3.84. The fraction of sp³-hybridized carbons (Fsp3) is 0.269. The van der Waals surface area contributed by atoms with Crippen molar-refractivity contribution < 1.29 is 19.8 Å². The summed E-state index contributed by atoms with van der Waals surface area (Å²) in [6.45, 7) is 0. The number of phenolic OH excluding ortho intramolecular Hbond substituents is 1. The Kier molecular flexibility index (Phi) is 5.24. The number of nitrogens with zero attached hydrogens (tertiary/aromatic N) is 2. The highest BCUT2D eigenvalue weighted by molar-refractivity contribution is 6.54. The molecular weight excluding hydrogens is 418 g/mol. The van der Waals surface area contributed by atoms with Crippen LogP contribution in [0, 0.1) is 0 Å². The number of carbonyl (C=O) groups excluding carboxylic acids is 1. The number of hydrogen-bond donors (Lipinski definition) is 3. The average Bonchev–Trinajstić information content (AvgIpc) is 3.44. The molecule has 3 aliphatic rings. The number of amides is 1.